The van der Waals surface area contributed by atoms with Crippen molar-refractivity contribution in [2.24, 2.45) is 0 Å². The summed E-state index contributed by atoms with van der Waals surface area (Å²) in [7, 11) is 0. The van der Waals surface area contributed by atoms with Gasteiger partial charge in [0, 0.05) is 36.3 Å². The van der Waals surface area contributed by atoms with Crippen molar-refractivity contribution >= 4 is 43.4 Å². The highest BCUT2D eigenvalue weighted by Gasteiger charge is 2.17. The molecule has 3 aromatic rings. The van der Waals surface area contributed by atoms with E-state index >= 15 is 0 Å². The number of thiophene rings is 1. The van der Waals surface area contributed by atoms with Gasteiger partial charge in [0.1, 0.15) is 4.70 Å². The molecule has 1 fully saturated rings. The Bertz CT molecular complexity index is 1050. The van der Waals surface area contributed by atoms with Crippen molar-refractivity contribution in [3.8, 4) is 6.07 Å². The van der Waals surface area contributed by atoms with Crippen molar-refractivity contribution in [2.75, 3.05) is 38.6 Å². The second-order valence-corrected chi connectivity index (χ2v) is 8.38. The number of hydrogen-bond donors (Lipinski definition) is 0. The highest BCUT2D eigenvalue weighted by Crippen LogP contribution is 2.31. The fourth-order valence-corrected chi connectivity index (χ4v) is 5.11. The Hall–Kier alpha value is -1.92. The number of benzene rings is 1. The van der Waals surface area contributed by atoms with E-state index in [1.165, 1.54) is 23.1 Å². The lowest BCUT2D eigenvalue weighted by Gasteiger charge is -2.26. The quantitative estimate of drug-likeness (QED) is 0.468. The summed E-state index contributed by atoms with van der Waals surface area (Å²) < 4.78 is 8.90. The molecule has 0 amide bonds. The molecule has 1 saturated heterocycles. The lowest BCUT2D eigenvalue weighted by molar-refractivity contribution is 0.0368. The summed E-state index contributed by atoms with van der Waals surface area (Å²) in [4.78, 5) is 20.3. The third kappa shape index (κ3) is 3.87. The van der Waals surface area contributed by atoms with Crippen LogP contribution in [0.4, 0.5) is 0 Å². The number of hydrogen-bond acceptors (Lipinski definition) is 7. The molecule has 2 aromatic heterocycles. The molecule has 0 bridgehead atoms. The fourth-order valence-electron chi connectivity index (χ4n) is 3.33. The number of ether oxygens (including phenoxy) is 1. The molecule has 0 unspecified atom stereocenters. The predicted molar refractivity (Wildman–Crippen MR) is 110 cm³/mol. The molecule has 3 heterocycles. The summed E-state index contributed by atoms with van der Waals surface area (Å²) in [6.45, 7) is 4.98. The average molecular weight is 401 g/mol. The molecule has 1 aliphatic rings. The lowest BCUT2D eigenvalue weighted by atomic mass is 10.2. The second-order valence-electron chi connectivity index (χ2n) is 6.38. The van der Waals surface area contributed by atoms with Crippen molar-refractivity contribution in [3.63, 3.8) is 0 Å². The third-order valence-corrected chi connectivity index (χ3v) is 6.66. The minimum atomic E-state index is 0.00335. The fraction of sp³-hybridized carbons (Fsp3) is 0.421. The van der Waals surface area contributed by atoms with Gasteiger partial charge in [0.15, 0.2) is 5.16 Å². The van der Waals surface area contributed by atoms with Crippen LogP contribution in [0.2, 0.25) is 0 Å². The molecule has 1 aromatic carbocycles. The smallest absolute Gasteiger partial charge is 0.272 e. The van der Waals surface area contributed by atoms with Crippen LogP contribution in [0, 0.1) is 11.3 Å². The number of aromatic nitrogens is 2. The molecule has 8 heteroatoms. The van der Waals surface area contributed by atoms with E-state index in [0.29, 0.717) is 16.4 Å². The van der Waals surface area contributed by atoms with Crippen LogP contribution in [0.25, 0.3) is 20.3 Å². The van der Waals surface area contributed by atoms with Crippen LogP contribution in [-0.4, -0.2) is 53.1 Å². The maximum Gasteiger partial charge on any atom is 0.272 e. The molecule has 0 N–H and O–H groups in total. The Morgan fingerprint density at radius 2 is 2.07 bits per heavy atom. The van der Waals surface area contributed by atoms with Gasteiger partial charge in [-0.2, -0.15) is 5.26 Å². The van der Waals surface area contributed by atoms with Crippen LogP contribution in [0.1, 0.15) is 6.42 Å². The molecule has 0 atom stereocenters. The van der Waals surface area contributed by atoms with Gasteiger partial charge in [-0.05, 0) is 12.5 Å². The molecule has 0 aliphatic carbocycles. The topological polar surface area (TPSA) is 71.2 Å². The van der Waals surface area contributed by atoms with Gasteiger partial charge in [-0.15, -0.1) is 11.3 Å². The minimum Gasteiger partial charge on any atom is -0.379 e. The van der Waals surface area contributed by atoms with Crippen molar-refractivity contribution in [1.29, 1.82) is 5.26 Å². The highest BCUT2D eigenvalue weighted by atomic mass is 32.2. The molecule has 0 radical (unpaired) electrons. The lowest BCUT2D eigenvalue weighted by Crippen LogP contribution is -2.37. The van der Waals surface area contributed by atoms with E-state index in [0.717, 1.165) is 54.9 Å². The predicted octanol–water partition coefficient (Wildman–Crippen LogP) is 2.95. The Morgan fingerprint density at radius 1 is 1.26 bits per heavy atom. The minimum absolute atomic E-state index is 0.00335. The van der Waals surface area contributed by atoms with E-state index < -0.39 is 0 Å². The van der Waals surface area contributed by atoms with Gasteiger partial charge in [-0.1, -0.05) is 30.0 Å². The Kier molecular flexibility index (Phi) is 5.74. The Balaban J connectivity index is 1.66. The molecular formula is C19H20N4O2S2. The van der Waals surface area contributed by atoms with E-state index in [-0.39, 0.29) is 11.3 Å². The van der Waals surface area contributed by atoms with Crippen molar-refractivity contribution < 1.29 is 4.74 Å². The SMILES string of the molecule is N#CCSc1nc2c(sc3ccccc32)c(=O)n1CCCN1CCOCC1. The number of thioether (sulfide) groups is 1. The van der Waals surface area contributed by atoms with E-state index in [4.69, 9.17) is 15.0 Å². The number of nitriles is 1. The third-order valence-electron chi connectivity index (χ3n) is 4.67. The summed E-state index contributed by atoms with van der Waals surface area (Å²) in [6.07, 6.45) is 0.873. The first-order valence-corrected chi connectivity index (χ1v) is 10.8. The maximum atomic E-state index is 13.2. The van der Waals surface area contributed by atoms with Crippen LogP contribution in [0.15, 0.2) is 34.2 Å². The van der Waals surface area contributed by atoms with Crippen LogP contribution in [0.3, 0.4) is 0 Å². The first-order chi connectivity index (χ1) is 13.3. The van der Waals surface area contributed by atoms with Gasteiger partial charge in [-0.25, -0.2) is 4.98 Å². The maximum absolute atomic E-state index is 13.2. The first kappa shape index (κ1) is 18.4. The number of fused-ring (bicyclic) bond motifs is 3. The summed E-state index contributed by atoms with van der Waals surface area (Å²) in [5, 5.41) is 10.6. The largest absolute Gasteiger partial charge is 0.379 e. The summed E-state index contributed by atoms with van der Waals surface area (Å²) >= 11 is 2.84. The molecule has 1 aliphatic heterocycles. The van der Waals surface area contributed by atoms with Crippen LogP contribution in [-0.2, 0) is 11.3 Å². The van der Waals surface area contributed by atoms with Gasteiger partial charge >= 0.3 is 0 Å². The zero-order valence-corrected chi connectivity index (χ0v) is 16.5. The zero-order valence-electron chi connectivity index (χ0n) is 14.9. The number of morpholine rings is 1. The summed E-state index contributed by atoms with van der Waals surface area (Å²) in [5.74, 6) is 0.281. The van der Waals surface area contributed by atoms with Crippen LogP contribution >= 0.6 is 23.1 Å². The summed E-state index contributed by atoms with van der Waals surface area (Å²) in [6, 6.07) is 10.1. The highest BCUT2D eigenvalue weighted by molar-refractivity contribution is 7.99. The van der Waals surface area contributed by atoms with Crippen molar-refractivity contribution in [3.05, 3.63) is 34.6 Å². The van der Waals surface area contributed by atoms with E-state index in [9.17, 15) is 4.79 Å². The van der Waals surface area contributed by atoms with E-state index in [1.54, 1.807) is 4.57 Å². The molecular weight excluding hydrogens is 380 g/mol. The molecule has 27 heavy (non-hydrogen) atoms. The Labute approximate surface area is 165 Å². The van der Waals surface area contributed by atoms with Gasteiger partial charge in [-0.3, -0.25) is 14.3 Å². The van der Waals surface area contributed by atoms with Crippen molar-refractivity contribution in [2.45, 2.75) is 18.1 Å². The summed E-state index contributed by atoms with van der Waals surface area (Å²) in [5.41, 5.74) is 0.758. The normalized spacial score (nSPS) is 15.4. The first-order valence-electron chi connectivity index (χ1n) is 9.00. The molecule has 4 rings (SSSR count). The van der Waals surface area contributed by atoms with Gasteiger partial charge in [0.05, 0.1) is 30.6 Å². The molecule has 140 valence electrons. The molecule has 0 spiro atoms. The zero-order chi connectivity index (χ0) is 18.6. The van der Waals surface area contributed by atoms with Gasteiger partial charge < -0.3 is 4.74 Å². The van der Waals surface area contributed by atoms with Gasteiger partial charge in [0.2, 0.25) is 0 Å². The average Bonchev–Trinajstić information content (AvgIpc) is 3.08. The molecule has 6 nitrogen and oxygen atoms in total. The van der Waals surface area contributed by atoms with E-state index in [1.807, 2.05) is 24.3 Å². The second kappa shape index (κ2) is 8.40. The van der Waals surface area contributed by atoms with Crippen LogP contribution < -0.4 is 5.56 Å². The van der Waals surface area contributed by atoms with Crippen LogP contribution in [0.5, 0.6) is 0 Å². The number of nitrogens with zero attached hydrogens (tertiary/aromatic N) is 4. The van der Waals surface area contributed by atoms with Gasteiger partial charge in [0.25, 0.3) is 5.56 Å². The monoisotopic (exact) mass is 400 g/mol. The standard InChI is InChI=1S/C19H20N4O2S2/c20-6-13-26-19-21-16-14-4-1-2-5-15(14)27-17(16)18(24)23(19)8-3-7-22-9-11-25-12-10-22/h1-2,4-5H,3,7-13H2. The number of rotatable bonds is 6. The van der Waals surface area contributed by atoms with Crippen molar-refractivity contribution in [1.82, 2.24) is 14.5 Å². The van der Waals surface area contributed by atoms with E-state index in [2.05, 4.69) is 11.0 Å². The molecule has 0 saturated carbocycles. The Morgan fingerprint density at radius 3 is 2.89 bits per heavy atom.